The van der Waals surface area contributed by atoms with Gasteiger partial charge in [0.15, 0.2) is 0 Å². The van der Waals surface area contributed by atoms with Crippen molar-refractivity contribution < 1.29 is 9.59 Å². The minimum absolute atomic E-state index is 0.0596. The Morgan fingerprint density at radius 1 is 1.21 bits per heavy atom. The van der Waals surface area contributed by atoms with Crippen molar-refractivity contribution >= 4 is 23.3 Å². The molecule has 4 rings (SSSR count). The highest BCUT2D eigenvalue weighted by Crippen LogP contribution is 2.31. The van der Waals surface area contributed by atoms with Crippen molar-refractivity contribution in [3.63, 3.8) is 0 Å². The van der Waals surface area contributed by atoms with Gasteiger partial charge in [-0.05, 0) is 31.0 Å². The minimum Gasteiger partial charge on any atom is -0.346 e. The van der Waals surface area contributed by atoms with Crippen molar-refractivity contribution in [3.8, 4) is 0 Å². The number of likely N-dealkylation sites (N-methyl/N-ethyl adjacent to an activating group) is 1. The average molecular weight is 379 g/mol. The molecule has 0 radical (unpaired) electrons. The molecular formula is C21H25N5O2. The molecule has 7 nitrogen and oxygen atoms in total. The summed E-state index contributed by atoms with van der Waals surface area (Å²) in [5.41, 5.74) is 3.11. The number of hydrogen-bond acceptors (Lipinski definition) is 5. The Morgan fingerprint density at radius 2 is 1.96 bits per heavy atom. The Hall–Kier alpha value is -2.96. The predicted octanol–water partition coefficient (Wildman–Crippen LogP) is 2.92. The van der Waals surface area contributed by atoms with E-state index < -0.39 is 0 Å². The van der Waals surface area contributed by atoms with E-state index in [0.717, 1.165) is 36.5 Å². The zero-order valence-electron chi connectivity index (χ0n) is 16.5. The van der Waals surface area contributed by atoms with Crippen LogP contribution in [0.1, 0.15) is 66.5 Å². The summed E-state index contributed by atoms with van der Waals surface area (Å²) in [5, 5.41) is 6.09. The van der Waals surface area contributed by atoms with Crippen LogP contribution in [0.3, 0.4) is 0 Å². The molecule has 2 N–H and O–H groups in total. The van der Waals surface area contributed by atoms with Gasteiger partial charge in [0.05, 0.1) is 18.2 Å². The maximum Gasteiger partial charge on any atom is 0.257 e. The van der Waals surface area contributed by atoms with Gasteiger partial charge in [-0.3, -0.25) is 9.59 Å². The maximum atomic E-state index is 12.4. The van der Waals surface area contributed by atoms with E-state index in [0.29, 0.717) is 23.8 Å². The first-order chi connectivity index (χ1) is 13.5. The number of aromatic nitrogens is 2. The van der Waals surface area contributed by atoms with Crippen molar-refractivity contribution in [3.05, 3.63) is 46.9 Å². The lowest BCUT2D eigenvalue weighted by atomic mass is 9.97. The SMILES string of the molecule is CCN1CCC(c2ccc(Nc3nc(C(C)C)nc4c3C(=O)NC4)cc2)C1=O. The van der Waals surface area contributed by atoms with Crippen LogP contribution >= 0.6 is 0 Å². The molecule has 7 heteroatoms. The summed E-state index contributed by atoms with van der Waals surface area (Å²) in [5.74, 6) is 1.40. The van der Waals surface area contributed by atoms with E-state index in [2.05, 4.69) is 20.6 Å². The van der Waals surface area contributed by atoms with E-state index in [-0.39, 0.29) is 23.7 Å². The number of rotatable bonds is 5. The number of carbonyl (C=O) groups is 2. The Morgan fingerprint density at radius 3 is 2.61 bits per heavy atom. The molecule has 1 aromatic heterocycles. The number of amides is 2. The molecule has 1 saturated heterocycles. The fourth-order valence-electron chi connectivity index (χ4n) is 3.79. The summed E-state index contributed by atoms with van der Waals surface area (Å²) < 4.78 is 0. The van der Waals surface area contributed by atoms with Crippen LogP contribution in [0.4, 0.5) is 11.5 Å². The summed E-state index contributed by atoms with van der Waals surface area (Å²) in [4.78, 5) is 35.6. The van der Waals surface area contributed by atoms with Crippen LogP contribution in [0.5, 0.6) is 0 Å². The molecule has 28 heavy (non-hydrogen) atoms. The highest BCUT2D eigenvalue weighted by molar-refractivity contribution is 6.02. The first kappa shape index (κ1) is 18.4. The van der Waals surface area contributed by atoms with Gasteiger partial charge < -0.3 is 15.5 Å². The summed E-state index contributed by atoms with van der Waals surface area (Å²) in [7, 11) is 0. The lowest BCUT2D eigenvalue weighted by Crippen LogP contribution is -2.26. The second kappa shape index (κ2) is 7.22. The molecule has 1 fully saturated rings. The molecule has 0 bridgehead atoms. The van der Waals surface area contributed by atoms with Crippen LogP contribution in [0, 0.1) is 0 Å². The summed E-state index contributed by atoms with van der Waals surface area (Å²) in [6, 6.07) is 7.84. The van der Waals surface area contributed by atoms with Gasteiger partial charge in [-0.1, -0.05) is 26.0 Å². The molecule has 2 aromatic rings. The van der Waals surface area contributed by atoms with Gasteiger partial charge in [0.2, 0.25) is 5.91 Å². The first-order valence-electron chi connectivity index (χ1n) is 9.82. The van der Waals surface area contributed by atoms with E-state index in [1.807, 2.05) is 49.9 Å². The Kier molecular flexibility index (Phi) is 4.75. The van der Waals surface area contributed by atoms with Crippen LogP contribution in [0.15, 0.2) is 24.3 Å². The van der Waals surface area contributed by atoms with Crippen LogP contribution in [-0.2, 0) is 11.3 Å². The van der Waals surface area contributed by atoms with Gasteiger partial charge in [-0.2, -0.15) is 0 Å². The molecule has 146 valence electrons. The van der Waals surface area contributed by atoms with Crippen LogP contribution < -0.4 is 10.6 Å². The number of benzene rings is 1. The van der Waals surface area contributed by atoms with Gasteiger partial charge in [0, 0.05) is 24.7 Å². The molecular weight excluding hydrogens is 354 g/mol. The largest absolute Gasteiger partial charge is 0.346 e. The standard InChI is InChI=1S/C21H25N5O2/c1-4-26-10-9-15(21(26)28)13-5-7-14(8-6-13)23-19-17-16(11-22-20(17)27)24-18(25-19)12(2)3/h5-8,12,15H,4,9-11H2,1-3H3,(H,22,27)(H,23,24,25). The monoisotopic (exact) mass is 379 g/mol. The molecule has 1 unspecified atom stereocenters. The molecule has 0 spiro atoms. The number of likely N-dealkylation sites (tertiary alicyclic amines) is 1. The molecule has 0 saturated carbocycles. The number of carbonyl (C=O) groups excluding carboxylic acids is 2. The third kappa shape index (κ3) is 3.21. The van der Waals surface area contributed by atoms with Gasteiger partial charge >= 0.3 is 0 Å². The quantitative estimate of drug-likeness (QED) is 0.834. The second-order valence-corrected chi connectivity index (χ2v) is 7.60. The van der Waals surface area contributed by atoms with Gasteiger partial charge in [-0.15, -0.1) is 0 Å². The second-order valence-electron chi connectivity index (χ2n) is 7.60. The molecule has 1 aromatic carbocycles. The highest BCUT2D eigenvalue weighted by atomic mass is 16.2. The highest BCUT2D eigenvalue weighted by Gasteiger charge is 2.31. The number of fused-ring (bicyclic) bond motifs is 1. The van der Waals surface area contributed by atoms with E-state index in [4.69, 9.17) is 0 Å². The summed E-state index contributed by atoms with van der Waals surface area (Å²) in [6.07, 6.45) is 0.858. The van der Waals surface area contributed by atoms with E-state index in [1.54, 1.807) is 0 Å². The maximum absolute atomic E-state index is 12.4. The summed E-state index contributed by atoms with van der Waals surface area (Å²) in [6.45, 7) is 8.08. The van der Waals surface area contributed by atoms with Crippen molar-refractivity contribution in [2.45, 2.75) is 45.6 Å². The van der Waals surface area contributed by atoms with Gasteiger partial charge in [-0.25, -0.2) is 9.97 Å². The smallest absolute Gasteiger partial charge is 0.257 e. The molecule has 0 aliphatic carbocycles. The summed E-state index contributed by atoms with van der Waals surface area (Å²) >= 11 is 0. The third-order valence-corrected chi connectivity index (χ3v) is 5.42. The Balaban J connectivity index is 1.59. The lowest BCUT2D eigenvalue weighted by molar-refractivity contribution is -0.128. The van der Waals surface area contributed by atoms with Crippen molar-refractivity contribution in [2.24, 2.45) is 0 Å². The van der Waals surface area contributed by atoms with Crippen molar-refractivity contribution in [1.29, 1.82) is 0 Å². The van der Waals surface area contributed by atoms with Gasteiger partial charge in [0.1, 0.15) is 17.2 Å². The number of anilines is 2. The number of hydrogen-bond donors (Lipinski definition) is 2. The van der Waals surface area contributed by atoms with E-state index >= 15 is 0 Å². The van der Waals surface area contributed by atoms with Gasteiger partial charge in [0.25, 0.3) is 5.91 Å². The molecule has 3 heterocycles. The zero-order chi connectivity index (χ0) is 19.8. The lowest BCUT2D eigenvalue weighted by Gasteiger charge is -2.15. The van der Waals surface area contributed by atoms with Crippen molar-refractivity contribution in [2.75, 3.05) is 18.4 Å². The molecule has 2 aliphatic rings. The fraction of sp³-hybridized carbons (Fsp3) is 0.429. The Labute approximate surface area is 164 Å². The fourth-order valence-corrected chi connectivity index (χ4v) is 3.79. The topological polar surface area (TPSA) is 87.2 Å². The van der Waals surface area contributed by atoms with E-state index in [9.17, 15) is 9.59 Å². The average Bonchev–Trinajstić information content (AvgIpc) is 3.25. The van der Waals surface area contributed by atoms with E-state index in [1.165, 1.54) is 0 Å². The molecule has 1 atom stereocenters. The third-order valence-electron chi connectivity index (χ3n) is 5.42. The normalized spacial score (nSPS) is 18.6. The van der Waals surface area contributed by atoms with Crippen LogP contribution in [-0.4, -0.2) is 39.8 Å². The van der Waals surface area contributed by atoms with Crippen LogP contribution in [0.2, 0.25) is 0 Å². The Bertz CT molecular complexity index is 923. The first-order valence-corrected chi connectivity index (χ1v) is 9.82. The molecule has 2 amide bonds. The number of nitrogens with zero attached hydrogens (tertiary/aromatic N) is 3. The number of nitrogens with one attached hydrogen (secondary N) is 2. The van der Waals surface area contributed by atoms with Crippen molar-refractivity contribution in [1.82, 2.24) is 20.2 Å². The minimum atomic E-state index is -0.152. The predicted molar refractivity (Wildman–Crippen MR) is 107 cm³/mol. The van der Waals surface area contributed by atoms with Crippen LogP contribution in [0.25, 0.3) is 0 Å². The molecule has 2 aliphatic heterocycles. The zero-order valence-corrected chi connectivity index (χ0v) is 16.5.